The first-order valence-corrected chi connectivity index (χ1v) is 7.43. The van der Waals surface area contributed by atoms with E-state index in [1.807, 2.05) is 6.92 Å². The first-order chi connectivity index (χ1) is 9.56. The molecule has 0 aliphatic carbocycles. The van der Waals surface area contributed by atoms with Gasteiger partial charge in [-0.1, -0.05) is 27.2 Å². The van der Waals surface area contributed by atoms with Crippen LogP contribution in [0, 0.1) is 5.92 Å². The largest absolute Gasteiger partial charge is 0.369 e. The van der Waals surface area contributed by atoms with Crippen molar-refractivity contribution in [2.24, 2.45) is 5.92 Å². The van der Waals surface area contributed by atoms with E-state index < -0.39 is 0 Å². The number of nitrogens with zero attached hydrogens (tertiary/aromatic N) is 2. The second-order valence-corrected chi connectivity index (χ2v) is 5.34. The molecule has 20 heavy (non-hydrogen) atoms. The maximum absolute atomic E-state index is 12.0. The van der Waals surface area contributed by atoms with Gasteiger partial charge >= 0.3 is 0 Å². The molecule has 5 heteroatoms. The molecule has 0 bridgehead atoms. The second-order valence-electron chi connectivity index (χ2n) is 5.34. The standard InChI is InChI=1S/C15H26N4O/c1-5-7-16-14-10-17-13(9-18-14)15(20)19-12(4)8-11(3)6-2/h9-12H,5-8H2,1-4H3,(H,16,18)(H,19,20). The van der Waals surface area contributed by atoms with Crippen molar-refractivity contribution < 1.29 is 4.79 Å². The number of rotatable bonds is 8. The molecule has 0 spiro atoms. The highest BCUT2D eigenvalue weighted by molar-refractivity contribution is 5.92. The minimum Gasteiger partial charge on any atom is -0.369 e. The third-order valence-corrected chi connectivity index (χ3v) is 3.27. The molecule has 1 rings (SSSR count). The SMILES string of the molecule is CCCNc1cnc(C(=O)NC(C)CC(C)CC)cn1. The van der Waals surface area contributed by atoms with Gasteiger partial charge in [0.1, 0.15) is 11.5 Å². The van der Waals surface area contributed by atoms with Gasteiger partial charge in [0.25, 0.3) is 5.91 Å². The summed E-state index contributed by atoms with van der Waals surface area (Å²) in [7, 11) is 0. The molecule has 1 aromatic heterocycles. The average Bonchev–Trinajstić information content (AvgIpc) is 2.45. The summed E-state index contributed by atoms with van der Waals surface area (Å²) in [4.78, 5) is 20.4. The van der Waals surface area contributed by atoms with E-state index in [1.165, 1.54) is 6.20 Å². The third-order valence-electron chi connectivity index (χ3n) is 3.27. The summed E-state index contributed by atoms with van der Waals surface area (Å²) in [6.45, 7) is 9.31. The summed E-state index contributed by atoms with van der Waals surface area (Å²) in [6, 6.07) is 0.150. The molecule has 2 N–H and O–H groups in total. The number of hydrogen-bond acceptors (Lipinski definition) is 4. The number of nitrogens with one attached hydrogen (secondary N) is 2. The van der Waals surface area contributed by atoms with Crippen LogP contribution in [0.5, 0.6) is 0 Å². The van der Waals surface area contributed by atoms with Crippen molar-refractivity contribution in [2.45, 2.75) is 53.0 Å². The predicted molar refractivity (Wildman–Crippen MR) is 81.8 cm³/mol. The lowest BCUT2D eigenvalue weighted by atomic mass is 10.0. The van der Waals surface area contributed by atoms with Crippen LogP contribution in [-0.4, -0.2) is 28.5 Å². The van der Waals surface area contributed by atoms with Crippen LogP contribution in [0.4, 0.5) is 5.82 Å². The Hall–Kier alpha value is -1.65. The van der Waals surface area contributed by atoms with Crippen molar-refractivity contribution in [2.75, 3.05) is 11.9 Å². The molecule has 0 aliphatic rings. The van der Waals surface area contributed by atoms with Crippen LogP contribution in [0.2, 0.25) is 0 Å². The zero-order valence-corrected chi connectivity index (χ0v) is 12.9. The van der Waals surface area contributed by atoms with Crippen LogP contribution >= 0.6 is 0 Å². The van der Waals surface area contributed by atoms with Crippen molar-refractivity contribution >= 4 is 11.7 Å². The highest BCUT2D eigenvalue weighted by Crippen LogP contribution is 2.10. The third kappa shape index (κ3) is 5.55. The lowest BCUT2D eigenvalue weighted by Crippen LogP contribution is -2.34. The predicted octanol–water partition coefficient (Wildman–Crippen LogP) is 2.85. The number of hydrogen-bond donors (Lipinski definition) is 2. The molecule has 0 saturated carbocycles. The van der Waals surface area contributed by atoms with Gasteiger partial charge in [-0.05, 0) is 25.7 Å². The van der Waals surface area contributed by atoms with E-state index in [9.17, 15) is 4.79 Å². The zero-order chi connectivity index (χ0) is 15.0. The van der Waals surface area contributed by atoms with Gasteiger partial charge in [0.05, 0.1) is 12.4 Å². The summed E-state index contributed by atoms with van der Waals surface area (Å²) in [5, 5.41) is 6.09. The van der Waals surface area contributed by atoms with Crippen LogP contribution in [0.25, 0.3) is 0 Å². The Balaban J connectivity index is 2.50. The van der Waals surface area contributed by atoms with Crippen molar-refractivity contribution in [3.05, 3.63) is 18.1 Å². The smallest absolute Gasteiger partial charge is 0.271 e. The molecule has 1 heterocycles. The number of carbonyl (C=O) groups is 1. The number of anilines is 1. The first-order valence-electron chi connectivity index (χ1n) is 7.43. The maximum atomic E-state index is 12.0. The highest BCUT2D eigenvalue weighted by atomic mass is 16.1. The molecular weight excluding hydrogens is 252 g/mol. The summed E-state index contributed by atoms with van der Waals surface area (Å²) in [5.74, 6) is 1.16. The quantitative estimate of drug-likeness (QED) is 0.767. The molecule has 2 unspecified atom stereocenters. The van der Waals surface area contributed by atoms with Gasteiger partial charge in [-0.2, -0.15) is 0 Å². The lowest BCUT2D eigenvalue weighted by molar-refractivity contribution is 0.0930. The van der Waals surface area contributed by atoms with Crippen LogP contribution in [0.3, 0.4) is 0 Å². The monoisotopic (exact) mass is 278 g/mol. The Morgan fingerprint density at radius 2 is 2.00 bits per heavy atom. The molecule has 0 aromatic carbocycles. The Morgan fingerprint density at radius 3 is 2.55 bits per heavy atom. The summed E-state index contributed by atoms with van der Waals surface area (Å²) in [5.41, 5.74) is 0.364. The van der Waals surface area contributed by atoms with Gasteiger partial charge in [0.15, 0.2) is 0 Å². The van der Waals surface area contributed by atoms with Crippen LogP contribution in [-0.2, 0) is 0 Å². The molecule has 0 saturated heterocycles. The summed E-state index contributed by atoms with van der Waals surface area (Å²) < 4.78 is 0. The summed E-state index contributed by atoms with van der Waals surface area (Å²) >= 11 is 0. The topological polar surface area (TPSA) is 66.9 Å². The molecular formula is C15H26N4O. The minimum atomic E-state index is -0.157. The molecule has 112 valence electrons. The van der Waals surface area contributed by atoms with Crippen molar-refractivity contribution in [1.29, 1.82) is 0 Å². The fourth-order valence-electron chi connectivity index (χ4n) is 1.92. The van der Waals surface area contributed by atoms with E-state index in [0.29, 0.717) is 17.4 Å². The van der Waals surface area contributed by atoms with Crippen LogP contribution in [0.1, 0.15) is 57.4 Å². The van der Waals surface area contributed by atoms with E-state index in [4.69, 9.17) is 0 Å². The van der Waals surface area contributed by atoms with Crippen molar-refractivity contribution in [3.63, 3.8) is 0 Å². The molecule has 0 fully saturated rings. The fraction of sp³-hybridized carbons (Fsp3) is 0.667. The Bertz CT molecular complexity index is 405. The van der Waals surface area contributed by atoms with E-state index >= 15 is 0 Å². The van der Waals surface area contributed by atoms with Crippen LogP contribution < -0.4 is 10.6 Å². The summed E-state index contributed by atoms with van der Waals surface area (Å²) in [6.07, 6.45) is 6.24. The molecule has 1 aromatic rings. The van der Waals surface area contributed by atoms with E-state index in [0.717, 1.165) is 25.8 Å². The van der Waals surface area contributed by atoms with Gasteiger partial charge in [-0.25, -0.2) is 9.97 Å². The Labute approximate surface area is 121 Å². The van der Waals surface area contributed by atoms with Gasteiger partial charge in [0, 0.05) is 12.6 Å². The normalized spacial score (nSPS) is 13.6. The zero-order valence-electron chi connectivity index (χ0n) is 12.9. The fourth-order valence-corrected chi connectivity index (χ4v) is 1.92. The first kappa shape index (κ1) is 16.4. The highest BCUT2D eigenvalue weighted by Gasteiger charge is 2.13. The minimum absolute atomic E-state index is 0.150. The van der Waals surface area contributed by atoms with Gasteiger partial charge in [0.2, 0.25) is 0 Å². The van der Waals surface area contributed by atoms with E-state index in [-0.39, 0.29) is 11.9 Å². The molecule has 2 atom stereocenters. The molecule has 0 radical (unpaired) electrons. The van der Waals surface area contributed by atoms with E-state index in [2.05, 4.69) is 41.4 Å². The number of aromatic nitrogens is 2. The van der Waals surface area contributed by atoms with Gasteiger partial charge in [-0.3, -0.25) is 4.79 Å². The number of carbonyl (C=O) groups excluding carboxylic acids is 1. The second kappa shape index (κ2) is 8.51. The van der Waals surface area contributed by atoms with Crippen molar-refractivity contribution in [3.8, 4) is 0 Å². The average molecular weight is 278 g/mol. The lowest BCUT2D eigenvalue weighted by Gasteiger charge is -2.17. The number of amides is 1. The molecule has 1 amide bonds. The maximum Gasteiger partial charge on any atom is 0.271 e. The van der Waals surface area contributed by atoms with Gasteiger partial charge < -0.3 is 10.6 Å². The van der Waals surface area contributed by atoms with Crippen LogP contribution in [0.15, 0.2) is 12.4 Å². The van der Waals surface area contributed by atoms with Crippen molar-refractivity contribution in [1.82, 2.24) is 15.3 Å². The Morgan fingerprint density at radius 1 is 1.25 bits per heavy atom. The molecule has 5 nitrogen and oxygen atoms in total. The van der Waals surface area contributed by atoms with E-state index in [1.54, 1.807) is 6.20 Å². The Kier molecular flexibility index (Phi) is 6.98. The molecule has 0 aliphatic heterocycles. The van der Waals surface area contributed by atoms with Gasteiger partial charge in [-0.15, -0.1) is 0 Å².